The number of likely N-dealkylation sites (tertiary alicyclic amines) is 2. The molecule has 2 atom stereocenters. The predicted octanol–water partition coefficient (Wildman–Crippen LogP) is 3.85. The lowest BCUT2D eigenvalue weighted by Gasteiger charge is -2.33. The Balaban J connectivity index is 1.51. The van der Waals surface area contributed by atoms with Crippen LogP contribution in [0.4, 0.5) is 4.79 Å². The number of piperidine rings is 2. The number of methoxy groups -OCH3 is 1. The number of ether oxygens (including phenoxy) is 2. The lowest BCUT2D eigenvalue weighted by atomic mass is 9.94. The highest BCUT2D eigenvalue weighted by atomic mass is 16.6. The summed E-state index contributed by atoms with van der Waals surface area (Å²) in [5.41, 5.74) is 0.309. The number of hydrogen-bond acceptors (Lipinski definition) is 6. The molecule has 2 saturated heterocycles. The van der Waals surface area contributed by atoms with Crippen molar-refractivity contribution in [3.8, 4) is 0 Å². The summed E-state index contributed by atoms with van der Waals surface area (Å²) < 4.78 is 10.3. The van der Waals surface area contributed by atoms with Gasteiger partial charge < -0.3 is 24.6 Å². The molecule has 1 aromatic carbocycles. The van der Waals surface area contributed by atoms with Crippen LogP contribution in [0.5, 0.6) is 0 Å². The van der Waals surface area contributed by atoms with Gasteiger partial charge in [-0.3, -0.25) is 14.4 Å². The van der Waals surface area contributed by atoms with Gasteiger partial charge in [-0.15, -0.1) is 0 Å². The fourth-order valence-electron chi connectivity index (χ4n) is 4.79. The van der Waals surface area contributed by atoms with E-state index in [4.69, 9.17) is 9.47 Å². The number of nitrogens with zero attached hydrogens (tertiary/aromatic N) is 2. The third-order valence-corrected chi connectivity index (χ3v) is 6.92. The number of hydrogen-bond donors (Lipinski definition) is 1. The number of amides is 3. The minimum atomic E-state index is -0.521. The van der Waals surface area contributed by atoms with Gasteiger partial charge in [0, 0.05) is 26.2 Å². The van der Waals surface area contributed by atoms with Gasteiger partial charge in [0.1, 0.15) is 5.60 Å². The van der Waals surface area contributed by atoms with E-state index in [9.17, 15) is 19.2 Å². The molecule has 1 unspecified atom stereocenters. The molecule has 1 N–H and O–H groups in total. The topological polar surface area (TPSA) is 105 Å². The first-order valence-electron chi connectivity index (χ1n) is 13.4. The van der Waals surface area contributed by atoms with Crippen LogP contribution in [0.1, 0.15) is 64.5 Å². The minimum absolute atomic E-state index is 0.0388. The molecule has 0 bridgehead atoms. The Morgan fingerprint density at radius 2 is 1.71 bits per heavy atom. The first-order chi connectivity index (χ1) is 18.1. The summed E-state index contributed by atoms with van der Waals surface area (Å²) in [6.07, 6.45) is 6.25. The quantitative estimate of drug-likeness (QED) is 0.427. The Hall–Kier alpha value is -3.36. The van der Waals surface area contributed by atoms with Crippen molar-refractivity contribution >= 4 is 23.9 Å². The van der Waals surface area contributed by atoms with Crippen LogP contribution in [-0.4, -0.2) is 72.6 Å². The van der Waals surface area contributed by atoms with E-state index >= 15 is 0 Å². The van der Waals surface area contributed by atoms with Crippen molar-refractivity contribution in [3.05, 3.63) is 48.0 Å². The lowest BCUT2D eigenvalue weighted by Crippen LogP contribution is -2.46. The molecule has 0 spiro atoms. The van der Waals surface area contributed by atoms with E-state index in [2.05, 4.69) is 5.32 Å². The van der Waals surface area contributed by atoms with Gasteiger partial charge in [-0.2, -0.15) is 0 Å². The molecule has 9 heteroatoms. The summed E-state index contributed by atoms with van der Waals surface area (Å²) in [6, 6.07) is 8.85. The maximum absolute atomic E-state index is 13.1. The molecule has 3 amide bonds. The van der Waals surface area contributed by atoms with Gasteiger partial charge in [0.2, 0.25) is 11.8 Å². The van der Waals surface area contributed by atoms with Gasteiger partial charge in [0.15, 0.2) is 0 Å². The Bertz CT molecular complexity index is 995. The van der Waals surface area contributed by atoms with Gasteiger partial charge in [0.05, 0.1) is 25.5 Å². The van der Waals surface area contributed by atoms with Crippen LogP contribution in [0.25, 0.3) is 0 Å². The van der Waals surface area contributed by atoms with E-state index in [1.807, 2.05) is 57.2 Å². The molecule has 38 heavy (non-hydrogen) atoms. The van der Waals surface area contributed by atoms with Crippen molar-refractivity contribution in [2.24, 2.45) is 11.8 Å². The fourth-order valence-corrected chi connectivity index (χ4v) is 4.79. The zero-order valence-electron chi connectivity index (χ0n) is 23.0. The summed E-state index contributed by atoms with van der Waals surface area (Å²) in [4.78, 5) is 53.7. The molecular formula is C29H41N3O6. The Morgan fingerprint density at radius 1 is 1.03 bits per heavy atom. The average Bonchev–Trinajstić information content (AvgIpc) is 2.91. The van der Waals surface area contributed by atoms with Crippen molar-refractivity contribution in [3.63, 3.8) is 0 Å². The van der Waals surface area contributed by atoms with Crippen LogP contribution < -0.4 is 5.32 Å². The summed E-state index contributed by atoms with van der Waals surface area (Å²) in [5, 5.41) is 3.00. The van der Waals surface area contributed by atoms with Crippen LogP contribution in [0.3, 0.4) is 0 Å². The molecule has 0 saturated carbocycles. The SMILES string of the molecule is COC(=O)CC(NC(=O)[C@@H]1CCCN(C(=O)/C=C/C2CCN(C(=O)OC(C)(C)C)CC2)C1)c1ccccc1. The molecule has 2 aliphatic rings. The van der Waals surface area contributed by atoms with Gasteiger partial charge >= 0.3 is 12.1 Å². The van der Waals surface area contributed by atoms with Crippen LogP contribution in [0.2, 0.25) is 0 Å². The van der Waals surface area contributed by atoms with Crippen molar-refractivity contribution in [1.82, 2.24) is 15.1 Å². The van der Waals surface area contributed by atoms with E-state index in [1.165, 1.54) is 7.11 Å². The Labute approximate surface area is 225 Å². The van der Waals surface area contributed by atoms with Crippen molar-refractivity contribution in [1.29, 1.82) is 0 Å². The number of rotatable bonds is 7. The zero-order chi connectivity index (χ0) is 27.7. The third kappa shape index (κ3) is 8.89. The standard InChI is InChI=1S/C29H41N3O6/c1-29(2,3)38-28(36)31-17-14-21(15-18-31)12-13-25(33)32-16-8-11-23(20-32)27(35)30-24(19-26(34)37-4)22-9-6-5-7-10-22/h5-7,9-10,12-13,21,23-24H,8,11,14-20H2,1-4H3,(H,30,35)/b13-12+/t23-,24?/m1/s1. The second-order valence-electron chi connectivity index (χ2n) is 11.0. The summed E-state index contributed by atoms with van der Waals surface area (Å²) in [6.45, 7) is 7.69. The van der Waals surface area contributed by atoms with E-state index < -0.39 is 17.6 Å². The number of benzene rings is 1. The average molecular weight is 528 g/mol. The minimum Gasteiger partial charge on any atom is -0.469 e. The highest BCUT2D eigenvalue weighted by molar-refractivity contribution is 5.88. The number of allylic oxidation sites excluding steroid dienone is 1. The molecule has 0 aliphatic carbocycles. The van der Waals surface area contributed by atoms with Crippen LogP contribution in [0.15, 0.2) is 42.5 Å². The van der Waals surface area contributed by atoms with Crippen LogP contribution >= 0.6 is 0 Å². The molecule has 0 radical (unpaired) electrons. The van der Waals surface area contributed by atoms with Gasteiger partial charge in [-0.05, 0) is 64.0 Å². The number of nitrogens with one attached hydrogen (secondary N) is 1. The maximum atomic E-state index is 13.1. The molecule has 2 aliphatic heterocycles. The Kier molecular flexibility index (Phi) is 10.3. The smallest absolute Gasteiger partial charge is 0.410 e. The molecule has 0 aromatic heterocycles. The van der Waals surface area contributed by atoms with E-state index in [0.717, 1.165) is 24.8 Å². The molecule has 1 aromatic rings. The first kappa shape index (κ1) is 29.2. The van der Waals surface area contributed by atoms with Crippen molar-refractivity contribution in [2.75, 3.05) is 33.3 Å². The first-order valence-corrected chi connectivity index (χ1v) is 13.4. The summed E-state index contributed by atoms with van der Waals surface area (Å²) in [7, 11) is 1.33. The zero-order valence-corrected chi connectivity index (χ0v) is 23.0. The van der Waals surface area contributed by atoms with Gasteiger partial charge in [-0.1, -0.05) is 36.4 Å². The van der Waals surface area contributed by atoms with Crippen molar-refractivity contribution < 1.29 is 28.7 Å². The fraction of sp³-hybridized carbons (Fsp3) is 0.586. The second-order valence-corrected chi connectivity index (χ2v) is 11.0. The Morgan fingerprint density at radius 3 is 2.34 bits per heavy atom. The van der Waals surface area contributed by atoms with Crippen molar-refractivity contribution in [2.45, 2.75) is 64.5 Å². The predicted molar refractivity (Wildman–Crippen MR) is 143 cm³/mol. The molecule has 2 fully saturated rings. The normalized spacial score (nSPS) is 19.6. The maximum Gasteiger partial charge on any atom is 0.410 e. The number of carbonyl (C=O) groups is 4. The van der Waals surface area contributed by atoms with E-state index in [1.54, 1.807) is 15.9 Å². The van der Waals surface area contributed by atoms with E-state index in [0.29, 0.717) is 32.6 Å². The van der Waals surface area contributed by atoms with Gasteiger partial charge in [-0.25, -0.2) is 4.79 Å². The number of carbonyl (C=O) groups excluding carboxylic acids is 4. The molecule has 9 nitrogen and oxygen atoms in total. The third-order valence-electron chi connectivity index (χ3n) is 6.92. The highest BCUT2D eigenvalue weighted by Crippen LogP contribution is 2.23. The molecule has 3 rings (SSSR count). The molecule has 208 valence electrons. The number of esters is 1. The summed E-state index contributed by atoms with van der Waals surface area (Å²) in [5.74, 6) is -0.805. The van der Waals surface area contributed by atoms with Crippen LogP contribution in [0, 0.1) is 11.8 Å². The monoisotopic (exact) mass is 527 g/mol. The summed E-state index contributed by atoms with van der Waals surface area (Å²) >= 11 is 0. The van der Waals surface area contributed by atoms with E-state index in [-0.39, 0.29) is 36.2 Å². The molecule has 2 heterocycles. The largest absolute Gasteiger partial charge is 0.469 e. The second kappa shape index (κ2) is 13.4. The molecular weight excluding hydrogens is 486 g/mol. The van der Waals surface area contributed by atoms with Gasteiger partial charge in [0.25, 0.3) is 0 Å². The van der Waals surface area contributed by atoms with Crippen LogP contribution in [-0.2, 0) is 23.9 Å². The highest BCUT2D eigenvalue weighted by Gasteiger charge is 2.30. The lowest BCUT2D eigenvalue weighted by molar-refractivity contribution is -0.141.